The van der Waals surface area contributed by atoms with Crippen molar-refractivity contribution < 1.29 is 19.4 Å². The molecule has 0 bridgehead atoms. The lowest BCUT2D eigenvalue weighted by Gasteiger charge is -2.44. The van der Waals surface area contributed by atoms with Crippen molar-refractivity contribution in [3.8, 4) is 0 Å². The molecule has 0 radical (unpaired) electrons. The number of carboxylic acids is 1. The Morgan fingerprint density at radius 1 is 1.19 bits per heavy atom. The normalized spacial score (nSPS) is 22.1. The Hall–Kier alpha value is -2.59. The Morgan fingerprint density at radius 2 is 1.90 bits per heavy atom. The fourth-order valence-corrected chi connectivity index (χ4v) is 4.17. The largest absolute Gasteiger partial charge is 0.481 e. The van der Waals surface area contributed by atoms with E-state index in [1.807, 2.05) is 13.0 Å². The third-order valence-electron chi connectivity index (χ3n) is 5.19. The number of nitrogens with zero attached hydrogens (tertiary/aromatic N) is 2. The van der Waals surface area contributed by atoms with Crippen LogP contribution in [0.15, 0.2) is 48.5 Å². The summed E-state index contributed by atoms with van der Waals surface area (Å²) in [6.45, 7) is 9.65. The topological polar surface area (TPSA) is 71.2 Å². The predicted octanol–water partition coefficient (Wildman–Crippen LogP) is 5.52. The van der Waals surface area contributed by atoms with Crippen LogP contribution in [0.2, 0.25) is 10.0 Å². The van der Waals surface area contributed by atoms with Crippen LogP contribution in [0.25, 0.3) is 4.85 Å². The molecule has 4 atom stereocenters. The first-order valence-electron chi connectivity index (χ1n) is 9.92. The molecule has 8 heteroatoms. The van der Waals surface area contributed by atoms with Crippen LogP contribution < -0.4 is 0 Å². The quantitative estimate of drug-likeness (QED) is 0.551. The molecule has 2 aromatic carbocycles. The molecule has 0 aliphatic carbocycles. The maximum Gasteiger partial charge on any atom is 0.306 e. The Labute approximate surface area is 191 Å². The van der Waals surface area contributed by atoms with Crippen molar-refractivity contribution in [2.45, 2.75) is 50.6 Å². The van der Waals surface area contributed by atoms with Gasteiger partial charge in [-0.25, -0.2) is 6.57 Å². The van der Waals surface area contributed by atoms with Crippen LogP contribution in [0, 0.1) is 6.57 Å². The number of amides is 1. The van der Waals surface area contributed by atoms with Gasteiger partial charge in [0.05, 0.1) is 12.5 Å². The zero-order chi connectivity index (χ0) is 22.5. The van der Waals surface area contributed by atoms with Crippen molar-refractivity contribution in [1.82, 2.24) is 4.90 Å². The highest BCUT2D eigenvalue weighted by atomic mass is 35.5. The Balaban J connectivity index is 2.18. The second kappa shape index (κ2) is 10.1. The van der Waals surface area contributed by atoms with Gasteiger partial charge in [0.2, 0.25) is 0 Å². The first kappa shape index (κ1) is 23.1. The zero-order valence-corrected chi connectivity index (χ0v) is 18.4. The Kier molecular flexibility index (Phi) is 7.55. The van der Waals surface area contributed by atoms with E-state index in [1.54, 1.807) is 42.5 Å². The summed E-state index contributed by atoms with van der Waals surface area (Å²) in [6, 6.07) is 13.4. The van der Waals surface area contributed by atoms with Gasteiger partial charge >= 0.3 is 12.1 Å². The number of carbonyl (C=O) groups is 2. The van der Waals surface area contributed by atoms with Crippen molar-refractivity contribution in [1.29, 1.82) is 0 Å². The third kappa shape index (κ3) is 5.19. The number of halogens is 2. The number of benzene rings is 2. The number of morpholine rings is 1. The summed E-state index contributed by atoms with van der Waals surface area (Å²) in [5, 5.41) is 10.4. The van der Waals surface area contributed by atoms with Crippen molar-refractivity contribution in [3.05, 3.63) is 81.1 Å². The monoisotopic (exact) mass is 460 g/mol. The summed E-state index contributed by atoms with van der Waals surface area (Å²) in [4.78, 5) is 30.0. The molecule has 1 saturated heterocycles. The highest BCUT2D eigenvalue weighted by Crippen LogP contribution is 2.44. The number of hydrogen-bond acceptors (Lipinski definition) is 3. The van der Waals surface area contributed by atoms with Gasteiger partial charge in [0.25, 0.3) is 5.91 Å². The van der Waals surface area contributed by atoms with Crippen LogP contribution in [0.4, 0.5) is 0 Å². The standard InChI is InChI=1S/C23H22Cl2N2O4/c1-3-5-19(26-2)27-21(14-8-10-16(24)11-9-14)22(15-6-4-7-17(25)12-15)31-18(23(27)30)13-20(28)29/h4,6-12,18-19,21-22H,3,5,13H2,1H3,(H,28,29)/t18-,19?,21+,22-/m0/s1. The molecule has 6 nitrogen and oxygen atoms in total. The molecule has 1 unspecified atom stereocenters. The maximum atomic E-state index is 13.4. The zero-order valence-electron chi connectivity index (χ0n) is 16.9. The molecular formula is C23H22Cl2N2O4. The first-order valence-corrected chi connectivity index (χ1v) is 10.7. The minimum Gasteiger partial charge on any atom is -0.481 e. The van der Waals surface area contributed by atoms with E-state index in [1.165, 1.54) is 4.90 Å². The summed E-state index contributed by atoms with van der Waals surface area (Å²) in [7, 11) is 0. The Morgan fingerprint density at radius 3 is 2.48 bits per heavy atom. The van der Waals surface area contributed by atoms with E-state index >= 15 is 0 Å². The average molecular weight is 461 g/mol. The van der Waals surface area contributed by atoms with Crippen LogP contribution in [-0.2, 0) is 14.3 Å². The average Bonchev–Trinajstić information content (AvgIpc) is 2.74. The summed E-state index contributed by atoms with van der Waals surface area (Å²) in [5.74, 6) is -1.65. The van der Waals surface area contributed by atoms with E-state index in [9.17, 15) is 14.7 Å². The molecule has 0 spiro atoms. The highest BCUT2D eigenvalue weighted by molar-refractivity contribution is 6.30. The number of carbonyl (C=O) groups excluding carboxylic acids is 1. The molecule has 1 heterocycles. The second-order valence-electron chi connectivity index (χ2n) is 7.34. The van der Waals surface area contributed by atoms with Gasteiger partial charge in [-0.2, -0.15) is 0 Å². The number of aliphatic carboxylic acids is 1. The second-order valence-corrected chi connectivity index (χ2v) is 8.21. The molecule has 1 amide bonds. The van der Waals surface area contributed by atoms with Gasteiger partial charge in [-0.05, 0) is 41.8 Å². The van der Waals surface area contributed by atoms with Crippen LogP contribution in [0.1, 0.15) is 49.5 Å². The van der Waals surface area contributed by atoms with Gasteiger partial charge < -0.3 is 9.84 Å². The fourth-order valence-electron chi connectivity index (χ4n) is 3.85. The van der Waals surface area contributed by atoms with Gasteiger partial charge in [0, 0.05) is 16.5 Å². The molecule has 3 rings (SSSR count). The molecule has 1 aliphatic heterocycles. The fraction of sp³-hybridized carbons (Fsp3) is 0.348. The third-order valence-corrected chi connectivity index (χ3v) is 5.68. The summed E-state index contributed by atoms with van der Waals surface area (Å²) < 4.78 is 6.08. The SMILES string of the molecule is [C-]#[N+]C(CCC)N1C(=O)[C@H](CC(=O)O)O[C@@H](c2cccc(Cl)c2)[C@H]1c1ccc(Cl)cc1. The van der Waals surface area contributed by atoms with E-state index < -0.39 is 42.7 Å². The number of rotatable bonds is 7. The summed E-state index contributed by atoms with van der Waals surface area (Å²) in [6.07, 6.45) is -2.00. The van der Waals surface area contributed by atoms with Crippen molar-refractivity contribution >= 4 is 35.1 Å². The van der Waals surface area contributed by atoms with Crippen LogP contribution in [-0.4, -0.2) is 34.2 Å². The van der Waals surface area contributed by atoms with Gasteiger partial charge in [-0.3, -0.25) is 19.3 Å². The van der Waals surface area contributed by atoms with Crippen molar-refractivity contribution in [2.24, 2.45) is 0 Å². The molecule has 31 heavy (non-hydrogen) atoms. The smallest absolute Gasteiger partial charge is 0.306 e. The molecule has 1 aliphatic rings. The van der Waals surface area contributed by atoms with Crippen molar-refractivity contribution in [3.63, 3.8) is 0 Å². The molecule has 2 aromatic rings. The van der Waals surface area contributed by atoms with E-state index in [0.717, 1.165) is 5.56 Å². The molecule has 1 N–H and O–H groups in total. The van der Waals surface area contributed by atoms with E-state index in [-0.39, 0.29) is 0 Å². The number of hydrogen-bond donors (Lipinski definition) is 1. The van der Waals surface area contributed by atoms with E-state index in [4.69, 9.17) is 34.5 Å². The van der Waals surface area contributed by atoms with Gasteiger partial charge in [-0.1, -0.05) is 54.4 Å². The van der Waals surface area contributed by atoms with E-state index in [0.29, 0.717) is 28.5 Å². The molecular weight excluding hydrogens is 439 g/mol. The number of ether oxygens (including phenoxy) is 1. The molecule has 0 aromatic heterocycles. The summed E-state index contributed by atoms with van der Waals surface area (Å²) in [5.41, 5.74) is 1.43. The van der Waals surface area contributed by atoms with Crippen LogP contribution >= 0.6 is 23.2 Å². The molecule has 162 valence electrons. The van der Waals surface area contributed by atoms with Crippen LogP contribution in [0.3, 0.4) is 0 Å². The van der Waals surface area contributed by atoms with Gasteiger partial charge in [0.15, 0.2) is 0 Å². The lowest BCUT2D eigenvalue weighted by molar-refractivity contribution is -0.182. The highest BCUT2D eigenvalue weighted by Gasteiger charge is 2.49. The lowest BCUT2D eigenvalue weighted by atomic mass is 9.90. The van der Waals surface area contributed by atoms with Gasteiger partial charge in [-0.15, -0.1) is 0 Å². The van der Waals surface area contributed by atoms with Gasteiger partial charge in [0.1, 0.15) is 12.2 Å². The van der Waals surface area contributed by atoms with Crippen LogP contribution in [0.5, 0.6) is 0 Å². The molecule has 0 saturated carbocycles. The minimum absolute atomic E-state index is 0.460. The summed E-state index contributed by atoms with van der Waals surface area (Å²) >= 11 is 12.3. The lowest BCUT2D eigenvalue weighted by Crippen LogP contribution is -2.54. The Bertz CT molecular complexity index is 990. The predicted molar refractivity (Wildman–Crippen MR) is 118 cm³/mol. The maximum absolute atomic E-state index is 13.4. The first-order chi connectivity index (χ1) is 14.8. The van der Waals surface area contributed by atoms with E-state index in [2.05, 4.69) is 4.85 Å². The van der Waals surface area contributed by atoms with Crippen molar-refractivity contribution in [2.75, 3.05) is 0 Å². The minimum atomic E-state index is -1.20. The number of carboxylic acid groups (broad SMARTS) is 1. The molecule has 1 fully saturated rings.